The SMILES string of the molecule is COC(=O)C1=CC2(Br)C(=O)OC1c1ccccc12. The van der Waals surface area contributed by atoms with Crippen LogP contribution in [0, 0.1) is 0 Å². The van der Waals surface area contributed by atoms with E-state index in [1.54, 1.807) is 6.08 Å². The van der Waals surface area contributed by atoms with E-state index in [2.05, 4.69) is 15.9 Å². The van der Waals surface area contributed by atoms with Gasteiger partial charge in [0.05, 0.1) is 12.7 Å². The summed E-state index contributed by atoms with van der Waals surface area (Å²) in [7, 11) is 1.31. The molecule has 5 heteroatoms. The van der Waals surface area contributed by atoms with Gasteiger partial charge in [0.1, 0.15) is 0 Å². The Bertz CT molecular complexity index is 592. The summed E-state index contributed by atoms with van der Waals surface area (Å²) in [5.41, 5.74) is 1.99. The van der Waals surface area contributed by atoms with Crippen LogP contribution in [0.15, 0.2) is 35.9 Å². The van der Waals surface area contributed by atoms with Crippen LogP contribution in [0.1, 0.15) is 17.2 Å². The standard InChI is InChI=1S/C13H9BrO4/c1-17-11(15)8-6-13(14)9-5-3-2-4-7(9)10(8)18-12(13)16/h2-6,10H,1H3. The number of fused-ring (bicyclic) bond motifs is 1. The highest BCUT2D eigenvalue weighted by molar-refractivity contribution is 9.10. The van der Waals surface area contributed by atoms with E-state index in [1.165, 1.54) is 7.11 Å². The van der Waals surface area contributed by atoms with Crippen LogP contribution in [0.25, 0.3) is 0 Å². The third-order valence-corrected chi connectivity index (χ3v) is 4.19. The van der Waals surface area contributed by atoms with E-state index < -0.39 is 22.4 Å². The van der Waals surface area contributed by atoms with E-state index in [9.17, 15) is 9.59 Å². The molecule has 2 heterocycles. The summed E-state index contributed by atoms with van der Waals surface area (Å²) >= 11 is 3.38. The number of hydrogen-bond acceptors (Lipinski definition) is 4. The van der Waals surface area contributed by atoms with Crippen molar-refractivity contribution >= 4 is 27.9 Å². The summed E-state index contributed by atoms with van der Waals surface area (Å²) in [6, 6.07) is 7.39. The molecule has 3 aliphatic rings. The zero-order chi connectivity index (χ0) is 12.9. The molecule has 1 aromatic rings. The third-order valence-electron chi connectivity index (χ3n) is 3.22. The van der Waals surface area contributed by atoms with Gasteiger partial charge in [-0.25, -0.2) is 9.59 Å². The Hall–Kier alpha value is -1.62. The van der Waals surface area contributed by atoms with E-state index in [0.29, 0.717) is 5.57 Å². The molecule has 0 saturated heterocycles. The Morgan fingerprint density at radius 2 is 2.17 bits per heavy atom. The molecule has 0 spiro atoms. The minimum Gasteiger partial charge on any atom is -0.466 e. The Morgan fingerprint density at radius 3 is 2.89 bits per heavy atom. The molecule has 0 radical (unpaired) electrons. The molecule has 2 atom stereocenters. The first kappa shape index (κ1) is 11.5. The van der Waals surface area contributed by atoms with Crippen molar-refractivity contribution in [3.8, 4) is 0 Å². The fourth-order valence-corrected chi connectivity index (χ4v) is 3.07. The molecule has 2 unspecified atom stereocenters. The molecule has 0 aromatic heterocycles. The first-order valence-corrected chi connectivity index (χ1v) is 6.17. The minimum absolute atomic E-state index is 0.354. The van der Waals surface area contributed by atoms with Crippen LogP contribution < -0.4 is 0 Å². The molecule has 2 bridgehead atoms. The number of hydrogen-bond donors (Lipinski definition) is 0. The number of ether oxygens (including phenoxy) is 2. The maximum atomic E-state index is 11.9. The van der Waals surface area contributed by atoms with Crippen molar-refractivity contribution in [3.05, 3.63) is 47.0 Å². The number of alkyl halides is 1. The van der Waals surface area contributed by atoms with Crippen molar-refractivity contribution in [2.24, 2.45) is 0 Å². The largest absolute Gasteiger partial charge is 0.466 e. The number of rotatable bonds is 1. The summed E-state index contributed by atoms with van der Waals surface area (Å²) in [6.45, 7) is 0. The van der Waals surface area contributed by atoms with Gasteiger partial charge in [-0.05, 0) is 11.6 Å². The quantitative estimate of drug-likeness (QED) is 0.588. The Balaban J connectivity index is 2.24. The van der Waals surface area contributed by atoms with Gasteiger partial charge in [-0.3, -0.25) is 0 Å². The van der Waals surface area contributed by atoms with Crippen molar-refractivity contribution in [1.29, 1.82) is 0 Å². The van der Waals surface area contributed by atoms with E-state index in [0.717, 1.165) is 11.1 Å². The average molecular weight is 309 g/mol. The van der Waals surface area contributed by atoms with Crippen LogP contribution in [0.4, 0.5) is 0 Å². The molecule has 0 fully saturated rings. The van der Waals surface area contributed by atoms with Gasteiger partial charge in [-0.15, -0.1) is 0 Å². The summed E-state index contributed by atoms with van der Waals surface area (Å²) < 4.78 is 8.93. The van der Waals surface area contributed by atoms with Crippen molar-refractivity contribution in [2.45, 2.75) is 10.4 Å². The highest BCUT2D eigenvalue weighted by Gasteiger charge is 2.52. The van der Waals surface area contributed by atoms with Crippen molar-refractivity contribution in [3.63, 3.8) is 0 Å². The lowest BCUT2D eigenvalue weighted by Gasteiger charge is -2.40. The first-order chi connectivity index (χ1) is 8.58. The van der Waals surface area contributed by atoms with Gasteiger partial charge in [0.15, 0.2) is 10.4 Å². The summed E-state index contributed by atoms with van der Waals surface area (Å²) in [5.74, 6) is -0.885. The van der Waals surface area contributed by atoms with Crippen LogP contribution in [0.3, 0.4) is 0 Å². The van der Waals surface area contributed by atoms with Gasteiger partial charge >= 0.3 is 11.9 Å². The molecule has 0 saturated carbocycles. The first-order valence-electron chi connectivity index (χ1n) is 5.38. The van der Waals surface area contributed by atoms with Gasteiger partial charge in [-0.1, -0.05) is 40.2 Å². The highest BCUT2D eigenvalue weighted by atomic mass is 79.9. The van der Waals surface area contributed by atoms with Gasteiger partial charge in [-0.2, -0.15) is 0 Å². The van der Waals surface area contributed by atoms with E-state index in [1.807, 2.05) is 24.3 Å². The summed E-state index contributed by atoms with van der Waals surface area (Å²) in [5, 5.41) is 0. The Kier molecular flexibility index (Phi) is 2.35. The number of carbonyl (C=O) groups is 2. The van der Waals surface area contributed by atoms with E-state index in [4.69, 9.17) is 9.47 Å². The lowest BCUT2D eigenvalue weighted by Crippen LogP contribution is -2.43. The van der Waals surface area contributed by atoms with Crippen LogP contribution in [-0.4, -0.2) is 19.0 Å². The van der Waals surface area contributed by atoms with Gasteiger partial charge in [0.25, 0.3) is 0 Å². The minimum atomic E-state index is -1.08. The Labute approximate surface area is 112 Å². The second kappa shape index (κ2) is 3.68. The van der Waals surface area contributed by atoms with Gasteiger partial charge < -0.3 is 9.47 Å². The molecule has 92 valence electrons. The van der Waals surface area contributed by atoms with E-state index in [-0.39, 0.29) is 0 Å². The number of esters is 2. The molecular formula is C13H9BrO4. The molecular weight excluding hydrogens is 300 g/mol. The monoisotopic (exact) mass is 308 g/mol. The maximum absolute atomic E-state index is 11.9. The number of halogens is 1. The molecule has 0 N–H and O–H groups in total. The van der Waals surface area contributed by atoms with Crippen LogP contribution >= 0.6 is 15.9 Å². The summed E-state index contributed by atoms with van der Waals surface area (Å²) in [4.78, 5) is 23.6. The molecule has 1 aliphatic carbocycles. The molecule has 2 aliphatic heterocycles. The lowest BCUT2D eigenvalue weighted by molar-refractivity contribution is -0.155. The number of methoxy groups -OCH3 is 1. The topological polar surface area (TPSA) is 52.6 Å². The number of benzene rings is 1. The van der Waals surface area contributed by atoms with Crippen molar-refractivity contribution in [2.75, 3.05) is 7.11 Å². The maximum Gasteiger partial charge on any atom is 0.337 e. The van der Waals surface area contributed by atoms with Crippen LogP contribution in [0.5, 0.6) is 0 Å². The normalized spacial score (nSPS) is 28.2. The summed E-state index contributed by atoms with van der Waals surface area (Å²) in [6.07, 6.45) is 0.915. The van der Waals surface area contributed by atoms with Crippen LogP contribution in [0.2, 0.25) is 0 Å². The van der Waals surface area contributed by atoms with Crippen molar-refractivity contribution in [1.82, 2.24) is 0 Å². The predicted octanol–water partition coefficient (Wildman–Crippen LogP) is 1.99. The van der Waals surface area contributed by atoms with Crippen LogP contribution in [-0.2, 0) is 23.4 Å². The highest BCUT2D eigenvalue weighted by Crippen LogP contribution is 2.52. The zero-order valence-corrected chi connectivity index (χ0v) is 11.1. The smallest absolute Gasteiger partial charge is 0.337 e. The second-order valence-corrected chi connectivity index (χ2v) is 5.43. The fourth-order valence-electron chi connectivity index (χ4n) is 2.36. The number of carbonyl (C=O) groups excluding carboxylic acids is 2. The van der Waals surface area contributed by atoms with E-state index >= 15 is 0 Å². The van der Waals surface area contributed by atoms with Gasteiger partial charge in [0, 0.05) is 5.56 Å². The predicted molar refractivity (Wildman–Crippen MR) is 66.0 cm³/mol. The molecule has 0 amide bonds. The second-order valence-electron chi connectivity index (χ2n) is 4.18. The average Bonchev–Trinajstić information content (AvgIpc) is 2.40. The molecule has 4 nitrogen and oxygen atoms in total. The third kappa shape index (κ3) is 1.31. The van der Waals surface area contributed by atoms with Crippen molar-refractivity contribution < 1.29 is 19.1 Å². The molecule has 18 heavy (non-hydrogen) atoms. The molecule has 1 aromatic carbocycles. The zero-order valence-electron chi connectivity index (χ0n) is 9.48. The fraction of sp³-hybridized carbons (Fsp3) is 0.231. The van der Waals surface area contributed by atoms with Gasteiger partial charge in [0.2, 0.25) is 0 Å². The molecule has 4 rings (SSSR count). The Morgan fingerprint density at radius 1 is 1.44 bits per heavy atom. The lowest BCUT2D eigenvalue weighted by atomic mass is 9.79.